The minimum atomic E-state index is -4.55. The van der Waals surface area contributed by atoms with Crippen molar-refractivity contribution in [1.82, 2.24) is 0 Å². The Balaban J connectivity index is 1.70. The van der Waals surface area contributed by atoms with Crippen molar-refractivity contribution in [2.45, 2.75) is 104 Å². The predicted molar refractivity (Wildman–Crippen MR) is 161 cm³/mol. The van der Waals surface area contributed by atoms with E-state index in [0.29, 0.717) is 30.7 Å². The van der Waals surface area contributed by atoms with Crippen LogP contribution in [0.25, 0.3) is 0 Å². The monoisotopic (exact) mass is 611 g/mol. The fraction of sp³-hybridized carbons (Fsp3) is 0.594. The fourth-order valence-electron chi connectivity index (χ4n) is 4.28. The quantitative estimate of drug-likeness (QED) is 0.212. The molecule has 1 aliphatic heterocycles. The number of benzene rings is 2. The molecule has 2 aromatic rings. The highest BCUT2D eigenvalue weighted by Gasteiger charge is 2.39. The number of alkyl halides is 3. The second-order valence-electron chi connectivity index (χ2n) is 12.6. The minimum absolute atomic E-state index is 0.148. The number of halogens is 3. The lowest BCUT2D eigenvalue weighted by atomic mass is 9.93. The first-order chi connectivity index (χ1) is 19.5. The molecule has 2 aromatic carbocycles. The molecule has 1 aliphatic rings. The number of nitrogens with zero attached hydrogens (tertiary/aromatic N) is 1. The molecule has 1 atom stereocenters. The Morgan fingerprint density at radius 3 is 2.00 bits per heavy atom. The number of hydrogen-bond donors (Lipinski definition) is 0. The van der Waals surface area contributed by atoms with Gasteiger partial charge in [0.05, 0.1) is 30.0 Å². The van der Waals surface area contributed by atoms with Gasteiger partial charge in [0.15, 0.2) is 5.90 Å². The zero-order chi connectivity index (χ0) is 31.2. The Morgan fingerprint density at radius 1 is 0.881 bits per heavy atom. The van der Waals surface area contributed by atoms with Crippen molar-refractivity contribution in [1.29, 1.82) is 0 Å². The first-order valence-corrected chi connectivity index (χ1v) is 15.5. The van der Waals surface area contributed by atoms with Gasteiger partial charge in [-0.3, -0.25) is 0 Å². The summed E-state index contributed by atoms with van der Waals surface area (Å²) >= 11 is 0. The summed E-state index contributed by atoms with van der Waals surface area (Å²) in [6.45, 7) is 15.9. The van der Waals surface area contributed by atoms with Crippen molar-refractivity contribution in [3.05, 3.63) is 64.7 Å². The van der Waals surface area contributed by atoms with E-state index in [2.05, 4.69) is 6.92 Å². The number of hydrogen-bond acceptors (Lipinski definition) is 6. The lowest BCUT2D eigenvalue weighted by molar-refractivity contribution is -0.139. The molecular weight excluding hydrogens is 566 g/mol. The smallest absolute Gasteiger partial charge is 0.419 e. The molecule has 234 valence electrons. The first kappa shape index (κ1) is 34.3. The highest BCUT2D eigenvalue weighted by atomic mass is 31.2. The van der Waals surface area contributed by atoms with E-state index in [1.54, 1.807) is 13.0 Å². The topological polar surface area (TPSA) is 58.5 Å². The fourth-order valence-corrected chi connectivity index (χ4v) is 5.66. The van der Waals surface area contributed by atoms with E-state index in [4.69, 9.17) is 28.0 Å². The largest absolute Gasteiger partial charge is 0.493 e. The summed E-state index contributed by atoms with van der Waals surface area (Å²) in [7, 11) is -1.70. The standard InChI is InChI=1S/C32H45F3NO5P/c1-9-24-10-12-25(13-11-24)17-19-37-28-15-14-26(20-27(28)32(33,34)35)16-18-31(21-38-23(2)36-31)22-39-42(40-29(3,4)5)41-30(6,7)8/h10-15,20H,9,16-19,21-22H2,1-8H3. The van der Waals surface area contributed by atoms with E-state index in [1.807, 2.05) is 65.8 Å². The van der Waals surface area contributed by atoms with Crippen LogP contribution >= 0.6 is 8.60 Å². The third kappa shape index (κ3) is 11.1. The summed E-state index contributed by atoms with van der Waals surface area (Å²) in [4.78, 5) is 4.69. The molecule has 0 saturated heterocycles. The van der Waals surface area contributed by atoms with Gasteiger partial charge >= 0.3 is 14.8 Å². The summed E-state index contributed by atoms with van der Waals surface area (Å²) in [6, 6.07) is 12.3. The molecule has 0 bridgehead atoms. The molecule has 0 aromatic heterocycles. The molecule has 10 heteroatoms. The number of rotatable bonds is 13. The van der Waals surface area contributed by atoms with Crippen LogP contribution in [0.1, 0.15) is 84.1 Å². The second-order valence-corrected chi connectivity index (χ2v) is 13.7. The molecule has 0 fully saturated rings. The van der Waals surface area contributed by atoms with Gasteiger partial charge in [-0.2, -0.15) is 13.2 Å². The average molecular weight is 612 g/mol. The molecule has 6 nitrogen and oxygen atoms in total. The molecule has 42 heavy (non-hydrogen) atoms. The van der Waals surface area contributed by atoms with E-state index in [1.165, 1.54) is 17.7 Å². The van der Waals surface area contributed by atoms with Crippen LogP contribution in [0.3, 0.4) is 0 Å². The van der Waals surface area contributed by atoms with E-state index < -0.39 is 37.1 Å². The summed E-state index contributed by atoms with van der Waals surface area (Å²) in [5, 5.41) is 0. The molecule has 0 radical (unpaired) electrons. The zero-order valence-corrected chi connectivity index (χ0v) is 27.0. The Bertz CT molecular complexity index is 1170. The van der Waals surface area contributed by atoms with E-state index in [9.17, 15) is 13.2 Å². The van der Waals surface area contributed by atoms with Gasteiger partial charge in [0.2, 0.25) is 0 Å². The maximum absolute atomic E-state index is 14.0. The van der Waals surface area contributed by atoms with Crippen LogP contribution in [0.2, 0.25) is 0 Å². The van der Waals surface area contributed by atoms with E-state index >= 15 is 0 Å². The number of ether oxygens (including phenoxy) is 2. The molecular formula is C32H45F3NO5P. The van der Waals surface area contributed by atoms with Crippen LogP contribution in [-0.4, -0.2) is 42.5 Å². The average Bonchev–Trinajstić information content (AvgIpc) is 3.25. The van der Waals surface area contributed by atoms with Crippen molar-refractivity contribution < 1.29 is 36.2 Å². The van der Waals surface area contributed by atoms with Gasteiger partial charge in [0.1, 0.15) is 17.9 Å². The zero-order valence-electron chi connectivity index (χ0n) is 26.1. The van der Waals surface area contributed by atoms with Gasteiger partial charge < -0.3 is 23.0 Å². The van der Waals surface area contributed by atoms with Crippen LogP contribution in [0.15, 0.2) is 47.5 Å². The Morgan fingerprint density at radius 2 is 1.48 bits per heavy atom. The Kier molecular flexibility index (Phi) is 11.5. The van der Waals surface area contributed by atoms with Crippen LogP contribution in [0.5, 0.6) is 5.75 Å². The summed E-state index contributed by atoms with van der Waals surface area (Å²) in [5.74, 6) is 0.345. The lowest BCUT2D eigenvalue weighted by Gasteiger charge is -2.32. The van der Waals surface area contributed by atoms with Gasteiger partial charge in [0.25, 0.3) is 0 Å². The van der Waals surface area contributed by atoms with Crippen molar-refractivity contribution in [3.8, 4) is 5.75 Å². The first-order valence-electron chi connectivity index (χ1n) is 14.4. The lowest BCUT2D eigenvalue weighted by Crippen LogP contribution is -2.35. The van der Waals surface area contributed by atoms with Gasteiger partial charge in [-0.05, 0) is 89.6 Å². The van der Waals surface area contributed by atoms with Crippen molar-refractivity contribution in [3.63, 3.8) is 0 Å². The van der Waals surface area contributed by atoms with Gasteiger partial charge in [-0.15, -0.1) is 0 Å². The van der Waals surface area contributed by atoms with Crippen LogP contribution in [0, 0.1) is 0 Å². The van der Waals surface area contributed by atoms with Gasteiger partial charge in [-0.25, -0.2) is 4.99 Å². The summed E-state index contributed by atoms with van der Waals surface area (Å²) in [6.07, 6.45) is -2.34. The summed E-state index contributed by atoms with van der Waals surface area (Å²) < 4.78 is 71.7. The second kappa shape index (κ2) is 14.1. The normalized spacial score (nSPS) is 17.9. The molecule has 1 heterocycles. The molecule has 0 spiro atoms. The van der Waals surface area contributed by atoms with Crippen molar-refractivity contribution >= 4 is 14.5 Å². The Labute approximate surface area is 250 Å². The summed E-state index contributed by atoms with van der Waals surface area (Å²) in [5.41, 5.74) is 0.223. The van der Waals surface area contributed by atoms with Crippen molar-refractivity contribution in [2.75, 3.05) is 19.8 Å². The van der Waals surface area contributed by atoms with Crippen LogP contribution in [-0.2, 0) is 43.7 Å². The van der Waals surface area contributed by atoms with Crippen LogP contribution in [0.4, 0.5) is 13.2 Å². The molecule has 3 rings (SSSR count). The van der Waals surface area contributed by atoms with Gasteiger partial charge in [0, 0.05) is 13.3 Å². The maximum Gasteiger partial charge on any atom is 0.419 e. The van der Waals surface area contributed by atoms with Gasteiger partial charge in [-0.1, -0.05) is 37.3 Å². The van der Waals surface area contributed by atoms with Crippen molar-refractivity contribution in [2.24, 2.45) is 4.99 Å². The molecule has 0 aliphatic carbocycles. The minimum Gasteiger partial charge on any atom is -0.493 e. The van der Waals surface area contributed by atoms with E-state index in [-0.39, 0.29) is 25.6 Å². The Hall–Kier alpha value is -2.19. The number of aryl methyl sites for hydroxylation is 2. The van der Waals surface area contributed by atoms with E-state index in [0.717, 1.165) is 12.0 Å². The third-order valence-electron chi connectivity index (χ3n) is 6.39. The molecule has 0 saturated carbocycles. The highest BCUT2D eigenvalue weighted by molar-refractivity contribution is 7.41. The predicted octanol–water partition coefficient (Wildman–Crippen LogP) is 8.88. The van der Waals surface area contributed by atoms with Crippen LogP contribution < -0.4 is 4.74 Å². The molecule has 0 amide bonds. The molecule has 1 unspecified atom stereocenters. The SMILES string of the molecule is CCc1ccc(CCOc2ccc(CCC3(COP(OC(C)(C)C)OC(C)(C)C)COC(C)=N3)cc2C(F)(F)F)cc1. The third-order valence-corrected chi connectivity index (χ3v) is 8.12. The molecule has 0 N–H and O–H groups in total. The highest BCUT2D eigenvalue weighted by Crippen LogP contribution is 2.48. The maximum atomic E-state index is 14.0. The number of aliphatic imine (C=N–C) groups is 1.